The summed E-state index contributed by atoms with van der Waals surface area (Å²) < 4.78 is 1.02. The third-order valence-corrected chi connectivity index (χ3v) is 3.31. The lowest BCUT2D eigenvalue weighted by atomic mass is 10.0. The molecule has 1 atom stereocenters. The Morgan fingerprint density at radius 1 is 1.32 bits per heavy atom. The third kappa shape index (κ3) is 3.61. The average Bonchev–Trinajstić information content (AvgIpc) is 2.46. The van der Waals surface area contributed by atoms with Crippen molar-refractivity contribution in [2.75, 3.05) is 0 Å². The monoisotopic (exact) mass is 319 g/mol. The average molecular weight is 320 g/mol. The van der Waals surface area contributed by atoms with Crippen LogP contribution in [0.3, 0.4) is 0 Å². The minimum Gasteiger partial charge on any atom is -0.344 e. The second kappa shape index (κ2) is 6.43. The van der Waals surface area contributed by atoms with Crippen LogP contribution < -0.4 is 5.32 Å². The summed E-state index contributed by atoms with van der Waals surface area (Å²) in [4.78, 5) is 19.9. The number of aromatic nitrogens is 2. The van der Waals surface area contributed by atoms with Gasteiger partial charge in [-0.3, -0.25) is 9.78 Å². The Balaban J connectivity index is 2.11. The molecule has 2 aromatic rings. The number of halogens is 1. The van der Waals surface area contributed by atoms with Crippen LogP contribution in [0.5, 0.6) is 0 Å². The van der Waals surface area contributed by atoms with Crippen LogP contribution >= 0.6 is 15.9 Å². The van der Waals surface area contributed by atoms with Crippen molar-refractivity contribution in [3.63, 3.8) is 0 Å². The van der Waals surface area contributed by atoms with E-state index >= 15 is 0 Å². The topological polar surface area (TPSA) is 54.9 Å². The molecule has 5 heteroatoms. The molecular formula is C14H14BrN3O. The van der Waals surface area contributed by atoms with Crippen LogP contribution in [-0.2, 0) is 0 Å². The van der Waals surface area contributed by atoms with Gasteiger partial charge in [0.15, 0.2) is 0 Å². The summed E-state index contributed by atoms with van der Waals surface area (Å²) in [5, 5.41) is 2.96. The second-order valence-electron chi connectivity index (χ2n) is 4.08. The Labute approximate surface area is 120 Å². The van der Waals surface area contributed by atoms with Crippen LogP contribution in [0.25, 0.3) is 0 Å². The summed E-state index contributed by atoms with van der Waals surface area (Å²) >= 11 is 3.40. The molecule has 0 saturated carbocycles. The SMILES string of the molecule is CC[C@H](NC(=O)c1cnccn1)c1ccc(Br)cc1. The molecule has 1 heterocycles. The number of nitrogens with zero attached hydrogens (tertiary/aromatic N) is 2. The van der Waals surface area contributed by atoms with E-state index in [-0.39, 0.29) is 11.9 Å². The molecule has 0 saturated heterocycles. The number of benzene rings is 1. The molecule has 2 rings (SSSR count). The highest BCUT2D eigenvalue weighted by Crippen LogP contribution is 2.19. The Morgan fingerprint density at radius 3 is 2.63 bits per heavy atom. The predicted octanol–water partition coefficient (Wildman–Crippen LogP) is 3.12. The lowest BCUT2D eigenvalue weighted by molar-refractivity contribution is 0.0930. The number of hydrogen-bond acceptors (Lipinski definition) is 3. The third-order valence-electron chi connectivity index (χ3n) is 2.78. The van der Waals surface area contributed by atoms with E-state index in [9.17, 15) is 4.79 Å². The van der Waals surface area contributed by atoms with Crippen molar-refractivity contribution in [1.82, 2.24) is 15.3 Å². The van der Waals surface area contributed by atoms with Crippen LogP contribution in [0.15, 0.2) is 47.3 Å². The van der Waals surface area contributed by atoms with E-state index in [1.807, 2.05) is 31.2 Å². The van der Waals surface area contributed by atoms with E-state index in [4.69, 9.17) is 0 Å². The van der Waals surface area contributed by atoms with Crippen molar-refractivity contribution in [2.24, 2.45) is 0 Å². The summed E-state index contributed by atoms with van der Waals surface area (Å²) in [5.41, 5.74) is 1.40. The maximum atomic E-state index is 12.0. The maximum absolute atomic E-state index is 12.0. The lowest BCUT2D eigenvalue weighted by Gasteiger charge is -2.17. The van der Waals surface area contributed by atoms with Gasteiger partial charge in [-0.1, -0.05) is 35.0 Å². The maximum Gasteiger partial charge on any atom is 0.271 e. The number of amides is 1. The molecular weight excluding hydrogens is 306 g/mol. The quantitative estimate of drug-likeness (QED) is 0.942. The van der Waals surface area contributed by atoms with Crippen molar-refractivity contribution >= 4 is 21.8 Å². The predicted molar refractivity (Wildman–Crippen MR) is 76.7 cm³/mol. The molecule has 0 fully saturated rings. The van der Waals surface area contributed by atoms with Gasteiger partial charge in [0.2, 0.25) is 0 Å². The van der Waals surface area contributed by atoms with Crippen molar-refractivity contribution in [3.05, 3.63) is 58.6 Å². The molecule has 98 valence electrons. The van der Waals surface area contributed by atoms with Gasteiger partial charge >= 0.3 is 0 Å². The molecule has 0 unspecified atom stereocenters. The van der Waals surface area contributed by atoms with Gasteiger partial charge in [-0.2, -0.15) is 0 Å². The summed E-state index contributed by atoms with van der Waals surface area (Å²) in [6.07, 6.45) is 5.33. The fourth-order valence-corrected chi connectivity index (χ4v) is 2.03. The first-order valence-electron chi connectivity index (χ1n) is 6.03. The molecule has 0 spiro atoms. The fourth-order valence-electron chi connectivity index (χ4n) is 1.76. The van der Waals surface area contributed by atoms with Gasteiger partial charge in [0, 0.05) is 16.9 Å². The van der Waals surface area contributed by atoms with Crippen molar-refractivity contribution in [2.45, 2.75) is 19.4 Å². The summed E-state index contributed by atoms with van der Waals surface area (Å²) in [5.74, 6) is -0.206. The van der Waals surface area contributed by atoms with Gasteiger partial charge in [-0.25, -0.2) is 4.98 Å². The molecule has 1 amide bonds. The molecule has 0 radical (unpaired) electrons. The standard InChI is InChI=1S/C14H14BrN3O/c1-2-12(10-3-5-11(15)6-4-10)18-14(19)13-9-16-7-8-17-13/h3-9,12H,2H2,1H3,(H,18,19)/t12-/m0/s1. The minimum atomic E-state index is -0.206. The Morgan fingerprint density at radius 2 is 2.05 bits per heavy atom. The molecule has 1 aromatic carbocycles. The zero-order valence-corrected chi connectivity index (χ0v) is 12.1. The van der Waals surface area contributed by atoms with Crippen LogP contribution in [-0.4, -0.2) is 15.9 Å². The largest absolute Gasteiger partial charge is 0.344 e. The van der Waals surface area contributed by atoms with E-state index in [0.29, 0.717) is 5.69 Å². The smallest absolute Gasteiger partial charge is 0.271 e. The molecule has 1 aromatic heterocycles. The van der Waals surface area contributed by atoms with Crippen molar-refractivity contribution < 1.29 is 4.79 Å². The molecule has 0 aliphatic rings. The molecule has 4 nitrogen and oxygen atoms in total. The van der Waals surface area contributed by atoms with E-state index in [2.05, 4.69) is 31.2 Å². The Bertz CT molecular complexity index is 542. The number of nitrogens with one attached hydrogen (secondary N) is 1. The van der Waals surface area contributed by atoms with Crippen LogP contribution in [0, 0.1) is 0 Å². The number of carbonyl (C=O) groups excluding carboxylic acids is 1. The van der Waals surface area contributed by atoms with Gasteiger partial charge in [-0.15, -0.1) is 0 Å². The van der Waals surface area contributed by atoms with Crippen molar-refractivity contribution in [3.8, 4) is 0 Å². The van der Waals surface area contributed by atoms with Gasteiger partial charge in [-0.05, 0) is 24.1 Å². The minimum absolute atomic E-state index is 0.0254. The molecule has 0 bridgehead atoms. The Hall–Kier alpha value is -1.75. The summed E-state index contributed by atoms with van der Waals surface area (Å²) in [6.45, 7) is 2.03. The molecule has 0 aliphatic carbocycles. The highest BCUT2D eigenvalue weighted by molar-refractivity contribution is 9.10. The van der Waals surface area contributed by atoms with Crippen LogP contribution in [0.2, 0.25) is 0 Å². The molecule has 19 heavy (non-hydrogen) atoms. The van der Waals surface area contributed by atoms with Gasteiger partial charge in [0.25, 0.3) is 5.91 Å². The Kier molecular flexibility index (Phi) is 4.63. The van der Waals surface area contributed by atoms with Gasteiger partial charge in [0.05, 0.1) is 12.2 Å². The second-order valence-corrected chi connectivity index (χ2v) is 4.99. The first-order valence-corrected chi connectivity index (χ1v) is 6.82. The number of rotatable bonds is 4. The first-order chi connectivity index (χ1) is 9.20. The first kappa shape index (κ1) is 13.7. The number of hydrogen-bond donors (Lipinski definition) is 1. The normalized spacial score (nSPS) is 11.9. The zero-order valence-electron chi connectivity index (χ0n) is 10.5. The van der Waals surface area contributed by atoms with Crippen molar-refractivity contribution in [1.29, 1.82) is 0 Å². The molecule has 0 aliphatic heterocycles. The highest BCUT2D eigenvalue weighted by atomic mass is 79.9. The van der Waals surface area contributed by atoms with E-state index < -0.39 is 0 Å². The number of carbonyl (C=O) groups is 1. The van der Waals surface area contributed by atoms with Crippen LogP contribution in [0.1, 0.15) is 35.4 Å². The fraction of sp³-hybridized carbons (Fsp3) is 0.214. The van der Waals surface area contributed by atoms with E-state index in [0.717, 1.165) is 16.5 Å². The zero-order chi connectivity index (χ0) is 13.7. The van der Waals surface area contributed by atoms with E-state index in [1.165, 1.54) is 12.4 Å². The van der Waals surface area contributed by atoms with Gasteiger partial charge < -0.3 is 5.32 Å². The summed E-state index contributed by atoms with van der Waals surface area (Å²) in [6, 6.07) is 7.89. The van der Waals surface area contributed by atoms with Crippen LogP contribution in [0.4, 0.5) is 0 Å². The molecule has 1 N–H and O–H groups in total. The van der Waals surface area contributed by atoms with Gasteiger partial charge in [0.1, 0.15) is 5.69 Å². The van der Waals surface area contributed by atoms with E-state index in [1.54, 1.807) is 6.20 Å². The highest BCUT2D eigenvalue weighted by Gasteiger charge is 2.14. The lowest BCUT2D eigenvalue weighted by Crippen LogP contribution is -2.28. The summed E-state index contributed by atoms with van der Waals surface area (Å²) in [7, 11) is 0.